The number of rotatable bonds is 9. The Morgan fingerprint density at radius 3 is 2.61 bits per heavy atom. The summed E-state index contributed by atoms with van der Waals surface area (Å²) >= 11 is 0. The largest absolute Gasteiger partial charge is 0.497 e. The van der Waals surface area contributed by atoms with Gasteiger partial charge >= 0.3 is 0 Å². The van der Waals surface area contributed by atoms with E-state index in [0.717, 1.165) is 29.6 Å². The molecule has 3 rings (SSSR count). The molecular weight excluding hydrogens is 507 g/mol. The van der Waals surface area contributed by atoms with Crippen molar-refractivity contribution in [2.24, 2.45) is 4.99 Å². The average molecular weight is 536 g/mol. The highest BCUT2D eigenvalue weighted by atomic mass is 127. The number of nitrogens with zero attached hydrogens (tertiary/aromatic N) is 4. The Hall–Kier alpha value is -2.82. The molecule has 8 nitrogen and oxygen atoms in total. The lowest BCUT2D eigenvalue weighted by Crippen LogP contribution is -2.41. The van der Waals surface area contributed by atoms with E-state index in [0.29, 0.717) is 19.0 Å². The average Bonchev–Trinajstić information content (AvgIpc) is 3.25. The summed E-state index contributed by atoms with van der Waals surface area (Å²) < 4.78 is 13.1. The predicted octanol–water partition coefficient (Wildman–Crippen LogP) is 3.42. The Kier molecular flexibility index (Phi) is 10.1. The standard InChI is InChI=1S/C22H28N6O2.HI/c1-4-23-22(24-14-17(2)30-20-12-8-11-19(13-20)29-3)25-15-21-27-26-16-28(21)18-9-6-5-7-10-18;/h5-13,16-17H,4,14-15H2,1-3H3,(H2,23,24,25);1H. The molecule has 0 aliphatic rings. The summed E-state index contributed by atoms with van der Waals surface area (Å²) in [6.07, 6.45) is 1.64. The van der Waals surface area contributed by atoms with Gasteiger partial charge in [-0.15, -0.1) is 34.2 Å². The van der Waals surface area contributed by atoms with Crippen LogP contribution in [0.4, 0.5) is 0 Å². The number of aliphatic imine (C=N–C) groups is 1. The van der Waals surface area contributed by atoms with Gasteiger partial charge in [0.05, 0.1) is 13.7 Å². The molecule has 1 atom stereocenters. The topological polar surface area (TPSA) is 85.6 Å². The van der Waals surface area contributed by atoms with E-state index in [2.05, 4.69) is 25.8 Å². The normalized spacial score (nSPS) is 11.9. The highest BCUT2D eigenvalue weighted by molar-refractivity contribution is 14.0. The van der Waals surface area contributed by atoms with Crippen LogP contribution in [0.15, 0.2) is 65.9 Å². The minimum Gasteiger partial charge on any atom is -0.497 e. The molecule has 0 fully saturated rings. The van der Waals surface area contributed by atoms with Crippen LogP contribution < -0.4 is 20.1 Å². The predicted molar refractivity (Wildman–Crippen MR) is 133 cm³/mol. The van der Waals surface area contributed by atoms with E-state index < -0.39 is 0 Å². The molecule has 0 bridgehead atoms. The maximum atomic E-state index is 5.96. The van der Waals surface area contributed by atoms with E-state index in [1.807, 2.05) is 73.0 Å². The van der Waals surface area contributed by atoms with Gasteiger partial charge in [0.15, 0.2) is 11.8 Å². The van der Waals surface area contributed by atoms with Crippen molar-refractivity contribution in [1.82, 2.24) is 25.4 Å². The molecule has 1 unspecified atom stereocenters. The van der Waals surface area contributed by atoms with Gasteiger partial charge < -0.3 is 20.1 Å². The van der Waals surface area contributed by atoms with Gasteiger partial charge in [-0.1, -0.05) is 24.3 Å². The summed E-state index contributed by atoms with van der Waals surface area (Å²) in [6.45, 7) is 5.77. The summed E-state index contributed by atoms with van der Waals surface area (Å²) in [7, 11) is 1.64. The minimum atomic E-state index is -0.0612. The van der Waals surface area contributed by atoms with Gasteiger partial charge in [-0.3, -0.25) is 4.57 Å². The first-order valence-electron chi connectivity index (χ1n) is 9.96. The minimum absolute atomic E-state index is 0. The van der Waals surface area contributed by atoms with E-state index in [-0.39, 0.29) is 30.1 Å². The molecule has 2 N–H and O–H groups in total. The van der Waals surface area contributed by atoms with Crippen molar-refractivity contribution in [2.45, 2.75) is 26.5 Å². The molecule has 0 saturated carbocycles. The Morgan fingerprint density at radius 2 is 1.87 bits per heavy atom. The Labute approximate surface area is 200 Å². The first-order valence-corrected chi connectivity index (χ1v) is 9.96. The summed E-state index contributed by atoms with van der Waals surface area (Å²) in [5, 5.41) is 14.8. The third-order valence-corrected chi connectivity index (χ3v) is 4.31. The van der Waals surface area contributed by atoms with Gasteiger partial charge in [0.1, 0.15) is 30.5 Å². The van der Waals surface area contributed by atoms with E-state index in [1.165, 1.54) is 0 Å². The van der Waals surface area contributed by atoms with Crippen LogP contribution in [0.2, 0.25) is 0 Å². The van der Waals surface area contributed by atoms with E-state index in [4.69, 9.17) is 9.47 Å². The molecule has 0 aliphatic carbocycles. The number of halogens is 1. The number of benzene rings is 2. The molecule has 1 heterocycles. The van der Waals surface area contributed by atoms with Crippen LogP contribution in [0, 0.1) is 0 Å². The number of hydrogen-bond acceptors (Lipinski definition) is 5. The fraction of sp³-hybridized carbons (Fsp3) is 0.318. The smallest absolute Gasteiger partial charge is 0.191 e. The third kappa shape index (κ3) is 7.42. The number of methoxy groups -OCH3 is 1. The molecule has 2 aromatic carbocycles. The molecule has 9 heteroatoms. The van der Waals surface area contributed by atoms with Crippen molar-refractivity contribution in [2.75, 3.05) is 20.2 Å². The molecule has 0 spiro atoms. The van der Waals surface area contributed by atoms with E-state index >= 15 is 0 Å². The quantitative estimate of drug-likeness (QED) is 0.248. The molecule has 0 aliphatic heterocycles. The monoisotopic (exact) mass is 536 g/mol. The van der Waals surface area contributed by atoms with Gasteiger partial charge in [-0.25, -0.2) is 4.99 Å². The van der Waals surface area contributed by atoms with Crippen molar-refractivity contribution in [3.8, 4) is 17.2 Å². The highest BCUT2D eigenvalue weighted by Gasteiger charge is 2.09. The zero-order chi connectivity index (χ0) is 21.2. The third-order valence-electron chi connectivity index (χ3n) is 4.31. The SMILES string of the molecule is CCNC(=NCc1nncn1-c1ccccc1)NCC(C)Oc1cccc(OC)c1.I. The number of ether oxygens (including phenoxy) is 2. The Balaban J connectivity index is 0.00000341. The first kappa shape index (κ1) is 24.4. The molecule has 166 valence electrons. The van der Waals surface area contributed by atoms with E-state index in [1.54, 1.807) is 13.4 Å². The van der Waals surface area contributed by atoms with Crippen LogP contribution >= 0.6 is 24.0 Å². The lowest BCUT2D eigenvalue weighted by Gasteiger charge is -2.18. The lowest BCUT2D eigenvalue weighted by atomic mass is 10.3. The first-order chi connectivity index (χ1) is 14.7. The van der Waals surface area contributed by atoms with Gasteiger partial charge in [-0.2, -0.15) is 0 Å². The Bertz CT molecular complexity index is 948. The van der Waals surface area contributed by atoms with Crippen LogP contribution in [-0.2, 0) is 6.54 Å². The zero-order valence-corrected chi connectivity index (χ0v) is 20.3. The van der Waals surface area contributed by atoms with E-state index in [9.17, 15) is 0 Å². The van der Waals surface area contributed by atoms with Gasteiger partial charge in [0.25, 0.3) is 0 Å². The molecule has 3 aromatic rings. The molecule has 1 aromatic heterocycles. The van der Waals surface area contributed by atoms with Crippen molar-refractivity contribution in [1.29, 1.82) is 0 Å². The highest BCUT2D eigenvalue weighted by Crippen LogP contribution is 2.19. The summed E-state index contributed by atoms with van der Waals surface area (Å²) in [6, 6.07) is 17.5. The number of para-hydroxylation sites is 1. The maximum Gasteiger partial charge on any atom is 0.191 e. The van der Waals surface area contributed by atoms with Crippen LogP contribution in [0.1, 0.15) is 19.7 Å². The fourth-order valence-electron chi connectivity index (χ4n) is 2.85. The summed E-state index contributed by atoms with van der Waals surface area (Å²) in [5.74, 6) is 2.99. The second-order valence-corrected chi connectivity index (χ2v) is 6.64. The van der Waals surface area contributed by atoms with Crippen LogP contribution in [0.25, 0.3) is 5.69 Å². The molecule has 31 heavy (non-hydrogen) atoms. The molecular formula is C22H29IN6O2. The van der Waals surface area contributed by atoms with Crippen LogP contribution in [-0.4, -0.2) is 47.0 Å². The van der Waals surface area contributed by atoms with Crippen molar-refractivity contribution in [3.05, 3.63) is 66.7 Å². The second-order valence-electron chi connectivity index (χ2n) is 6.64. The molecule has 0 radical (unpaired) electrons. The Morgan fingerprint density at radius 1 is 1.10 bits per heavy atom. The number of hydrogen-bond donors (Lipinski definition) is 2. The van der Waals surface area contributed by atoms with Gasteiger partial charge in [-0.05, 0) is 38.1 Å². The van der Waals surface area contributed by atoms with Crippen LogP contribution in [0.3, 0.4) is 0 Å². The number of nitrogens with one attached hydrogen (secondary N) is 2. The van der Waals surface area contributed by atoms with Crippen LogP contribution in [0.5, 0.6) is 11.5 Å². The second kappa shape index (κ2) is 12.8. The zero-order valence-electron chi connectivity index (χ0n) is 18.0. The van der Waals surface area contributed by atoms with Crippen molar-refractivity contribution < 1.29 is 9.47 Å². The number of aromatic nitrogens is 3. The van der Waals surface area contributed by atoms with Crippen molar-refractivity contribution in [3.63, 3.8) is 0 Å². The fourth-order valence-corrected chi connectivity index (χ4v) is 2.85. The van der Waals surface area contributed by atoms with Crippen molar-refractivity contribution >= 4 is 29.9 Å². The van der Waals surface area contributed by atoms with Gasteiger partial charge in [0, 0.05) is 18.3 Å². The molecule has 0 saturated heterocycles. The summed E-state index contributed by atoms with van der Waals surface area (Å²) in [5.41, 5.74) is 1.01. The maximum absolute atomic E-state index is 5.96. The lowest BCUT2D eigenvalue weighted by molar-refractivity contribution is 0.223. The molecule has 0 amide bonds. The van der Waals surface area contributed by atoms with Gasteiger partial charge in [0.2, 0.25) is 0 Å². The number of guanidine groups is 1. The summed E-state index contributed by atoms with van der Waals surface area (Å²) in [4.78, 5) is 4.64.